The lowest BCUT2D eigenvalue weighted by molar-refractivity contribution is 0.162. The molecule has 0 aromatic carbocycles. The molecule has 0 heterocycles. The quantitative estimate of drug-likeness (QED) is 0.497. The summed E-state index contributed by atoms with van der Waals surface area (Å²) in [4.78, 5) is 2.45. The maximum Gasteiger partial charge on any atom is 0.0474 e. The molecule has 0 N–H and O–H groups in total. The Kier molecular flexibility index (Phi) is 8.29. The molecular formula is C9H20BrNO. The summed E-state index contributed by atoms with van der Waals surface area (Å²) >= 11 is 3.45. The Balaban J connectivity index is 3.49. The van der Waals surface area contributed by atoms with Gasteiger partial charge in [0.05, 0.1) is 0 Å². The number of alkyl halides is 1. The second-order valence-electron chi connectivity index (χ2n) is 3.17. The van der Waals surface area contributed by atoms with Crippen molar-refractivity contribution < 1.29 is 4.74 Å². The van der Waals surface area contributed by atoms with E-state index in [0.29, 0.717) is 6.04 Å². The van der Waals surface area contributed by atoms with Crippen LogP contribution in [0.1, 0.15) is 20.3 Å². The standard InChI is InChI=1S/C9H20BrNO/c1-9(2)11(7-5-10)6-4-8-12-3/h9H,4-8H2,1-3H3. The van der Waals surface area contributed by atoms with Crippen LogP contribution in [0.2, 0.25) is 0 Å². The summed E-state index contributed by atoms with van der Waals surface area (Å²) in [5, 5.41) is 1.05. The van der Waals surface area contributed by atoms with Gasteiger partial charge in [0.1, 0.15) is 0 Å². The zero-order valence-electron chi connectivity index (χ0n) is 8.35. The van der Waals surface area contributed by atoms with Gasteiger partial charge in [-0.05, 0) is 20.3 Å². The fourth-order valence-corrected chi connectivity index (χ4v) is 1.60. The third kappa shape index (κ3) is 5.98. The Morgan fingerprint density at radius 2 is 2.00 bits per heavy atom. The van der Waals surface area contributed by atoms with Crippen molar-refractivity contribution in [1.82, 2.24) is 4.90 Å². The number of ether oxygens (including phenoxy) is 1. The molecule has 3 heteroatoms. The first-order chi connectivity index (χ1) is 5.72. The number of hydrogen-bond donors (Lipinski definition) is 0. The molecule has 0 amide bonds. The maximum atomic E-state index is 5.01. The molecule has 0 unspecified atom stereocenters. The molecule has 2 nitrogen and oxygen atoms in total. The maximum absolute atomic E-state index is 5.01. The lowest BCUT2D eigenvalue weighted by Crippen LogP contribution is -2.33. The Hall–Kier alpha value is 0.400. The summed E-state index contributed by atoms with van der Waals surface area (Å²) in [5.41, 5.74) is 0. The Bertz CT molecular complexity index is 98.5. The Labute approximate surface area is 84.4 Å². The van der Waals surface area contributed by atoms with Crippen molar-refractivity contribution in [2.75, 3.05) is 32.1 Å². The van der Waals surface area contributed by atoms with E-state index in [1.165, 1.54) is 0 Å². The minimum absolute atomic E-state index is 0.638. The molecular weight excluding hydrogens is 218 g/mol. The van der Waals surface area contributed by atoms with Crippen LogP contribution in [0.5, 0.6) is 0 Å². The summed E-state index contributed by atoms with van der Waals surface area (Å²) in [6.45, 7) is 7.59. The lowest BCUT2D eigenvalue weighted by atomic mass is 10.3. The van der Waals surface area contributed by atoms with Crippen LogP contribution in [0.25, 0.3) is 0 Å². The van der Waals surface area contributed by atoms with Crippen molar-refractivity contribution in [1.29, 1.82) is 0 Å². The van der Waals surface area contributed by atoms with E-state index < -0.39 is 0 Å². The largest absolute Gasteiger partial charge is 0.385 e. The van der Waals surface area contributed by atoms with Gasteiger partial charge in [-0.3, -0.25) is 0 Å². The van der Waals surface area contributed by atoms with Crippen molar-refractivity contribution in [2.24, 2.45) is 0 Å². The van der Waals surface area contributed by atoms with Crippen LogP contribution >= 0.6 is 15.9 Å². The molecule has 0 spiro atoms. The van der Waals surface area contributed by atoms with Crippen LogP contribution in [-0.2, 0) is 4.74 Å². The van der Waals surface area contributed by atoms with E-state index in [1.807, 2.05) is 0 Å². The van der Waals surface area contributed by atoms with E-state index in [-0.39, 0.29) is 0 Å². The summed E-state index contributed by atoms with van der Waals surface area (Å²) in [5.74, 6) is 0. The first-order valence-corrected chi connectivity index (χ1v) is 5.63. The number of halogens is 1. The van der Waals surface area contributed by atoms with Gasteiger partial charge in [-0.2, -0.15) is 0 Å². The van der Waals surface area contributed by atoms with Crippen molar-refractivity contribution in [3.63, 3.8) is 0 Å². The molecule has 0 fully saturated rings. The minimum atomic E-state index is 0.638. The van der Waals surface area contributed by atoms with Gasteiger partial charge in [0, 0.05) is 38.2 Å². The number of nitrogens with zero attached hydrogens (tertiary/aromatic N) is 1. The van der Waals surface area contributed by atoms with Crippen LogP contribution in [0, 0.1) is 0 Å². The van der Waals surface area contributed by atoms with E-state index >= 15 is 0 Å². The van der Waals surface area contributed by atoms with Gasteiger partial charge in [-0.15, -0.1) is 0 Å². The highest BCUT2D eigenvalue weighted by Crippen LogP contribution is 2.00. The summed E-state index contributed by atoms with van der Waals surface area (Å²) in [6.07, 6.45) is 1.13. The molecule has 12 heavy (non-hydrogen) atoms. The molecule has 0 saturated carbocycles. The molecule has 0 bridgehead atoms. The van der Waals surface area contributed by atoms with E-state index in [4.69, 9.17) is 4.74 Å². The van der Waals surface area contributed by atoms with Gasteiger partial charge < -0.3 is 9.64 Å². The second-order valence-corrected chi connectivity index (χ2v) is 3.96. The fourth-order valence-electron chi connectivity index (χ4n) is 1.15. The molecule has 0 aliphatic rings. The number of methoxy groups -OCH3 is 1. The second kappa shape index (κ2) is 8.02. The fraction of sp³-hybridized carbons (Fsp3) is 1.00. The average molecular weight is 238 g/mol. The Morgan fingerprint density at radius 1 is 1.33 bits per heavy atom. The van der Waals surface area contributed by atoms with Crippen LogP contribution in [0.3, 0.4) is 0 Å². The summed E-state index contributed by atoms with van der Waals surface area (Å²) in [6, 6.07) is 0.638. The highest BCUT2D eigenvalue weighted by atomic mass is 79.9. The predicted molar refractivity (Wildman–Crippen MR) is 57.0 cm³/mol. The monoisotopic (exact) mass is 237 g/mol. The molecule has 0 aliphatic carbocycles. The van der Waals surface area contributed by atoms with Crippen LogP contribution in [-0.4, -0.2) is 43.1 Å². The molecule has 0 saturated heterocycles. The van der Waals surface area contributed by atoms with E-state index in [2.05, 4.69) is 34.7 Å². The summed E-state index contributed by atoms with van der Waals surface area (Å²) in [7, 11) is 1.75. The van der Waals surface area contributed by atoms with Crippen LogP contribution in [0.4, 0.5) is 0 Å². The molecule has 0 aliphatic heterocycles. The average Bonchev–Trinajstić information content (AvgIpc) is 2.03. The van der Waals surface area contributed by atoms with Gasteiger partial charge in [0.25, 0.3) is 0 Å². The van der Waals surface area contributed by atoms with Gasteiger partial charge >= 0.3 is 0 Å². The zero-order chi connectivity index (χ0) is 9.40. The van der Waals surface area contributed by atoms with Crippen LogP contribution in [0.15, 0.2) is 0 Å². The molecule has 0 aromatic heterocycles. The topological polar surface area (TPSA) is 12.5 Å². The first-order valence-electron chi connectivity index (χ1n) is 4.51. The molecule has 0 rings (SSSR count). The van der Waals surface area contributed by atoms with Crippen molar-refractivity contribution >= 4 is 15.9 Å². The highest BCUT2D eigenvalue weighted by Gasteiger charge is 2.06. The van der Waals surface area contributed by atoms with Crippen molar-refractivity contribution in [2.45, 2.75) is 26.3 Å². The third-order valence-corrected chi connectivity index (χ3v) is 2.25. The van der Waals surface area contributed by atoms with Gasteiger partial charge in [-0.25, -0.2) is 0 Å². The SMILES string of the molecule is COCCCN(CCBr)C(C)C. The van der Waals surface area contributed by atoms with E-state index in [1.54, 1.807) is 7.11 Å². The van der Waals surface area contributed by atoms with Gasteiger partial charge in [0.2, 0.25) is 0 Å². The predicted octanol–water partition coefficient (Wildman–Crippen LogP) is 2.13. The normalized spacial score (nSPS) is 11.5. The molecule has 0 radical (unpaired) electrons. The van der Waals surface area contributed by atoms with Crippen molar-refractivity contribution in [3.05, 3.63) is 0 Å². The van der Waals surface area contributed by atoms with E-state index in [0.717, 1.165) is 31.4 Å². The molecule has 74 valence electrons. The van der Waals surface area contributed by atoms with Crippen molar-refractivity contribution in [3.8, 4) is 0 Å². The first kappa shape index (κ1) is 12.4. The minimum Gasteiger partial charge on any atom is -0.385 e. The van der Waals surface area contributed by atoms with Gasteiger partial charge in [-0.1, -0.05) is 15.9 Å². The number of rotatable bonds is 7. The van der Waals surface area contributed by atoms with Crippen LogP contribution < -0.4 is 0 Å². The highest BCUT2D eigenvalue weighted by molar-refractivity contribution is 9.09. The summed E-state index contributed by atoms with van der Waals surface area (Å²) < 4.78 is 5.01. The van der Waals surface area contributed by atoms with E-state index in [9.17, 15) is 0 Å². The number of hydrogen-bond acceptors (Lipinski definition) is 2. The smallest absolute Gasteiger partial charge is 0.0474 e. The molecule has 0 atom stereocenters. The van der Waals surface area contributed by atoms with Gasteiger partial charge in [0.15, 0.2) is 0 Å². The third-order valence-electron chi connectivity index (χ3n) is 1.90. The Morgan fingerprint density at radius 3 is 2.42 bits per heavy atom. The zero-order valence-corrected chi connectivity index (χ0v) is 9.93. The lowest BCUT2D eigenvalue weighted by Gasteiger charge is -2.25. The molecule has 0 aromatic rings.